The lowest BCUT2D eigenvalue weighted by Crippen LogP contribution is -2.39. The summed E-state index contributed by atoms with van der Waals surface area (Å²) in [6.45, 7) is 6.15. The summed E-state index contributed by atoms with van der Waals surface area (Å²) in [5.41, 5.74) is 7.58. The number of carbonyl (C=O) groups is 2. The average Bonchev–Trinajstić information content (AvgIpc) is 3.56. The first-order valence-electron chi connectivity index (χ1n) is 13.9. The van der Waals surface area contributed by atoms with Crippen molar-refractivity contribution >= 4 is 50.7 Å². The van der Waals surface area contributed by atoms with Crippen LogP contribution < -0.4 is 11.1 Å². The highest BCUT2D eigenvalue weighted by atomic mass is 32.1. The summed E-state index contributed by atoms with van der Waals surface area (Å²) in [4.78, 5) is 49.4. The fourth-order valence-corrected chi connectivity index (χ4v) is 5.41. The number of carbonyl (C=O) groups excluding carboxylic acids is 1. The summed E-state index contributed by atoms with van der Waals surface area (Å²) in [5.74, 6) is 0.313. The van der Waals surface area contributed by atoms with Crippen LogP contribution in [0.1, 0.15) is 42.9 Å². The molecule has 0 spiro atoms. The molecule has 4 N–H and O–H groups in total. The van der Waals surface area contributed by atoms with Gasteiger partial charge in [-0.1, -0.05) is 17.4 Å². The number of rotatable bonds is 10. The van der Waals surface area contributed by atoms with Crippen LogP contribution in [-0.2, 0) is 30.7 Å². The molecule has 15 heteroatoms. The Morgan fingerprint density at radius 2 is 1.93 bits per heavy atom. The molecule has 5 rings (SSSR count). The van der Waals surface area contributed by atoms with Crippen LogP contribution in [0.3, 0.4) is 0 Å². The molecule has 0 unspecified atom stereocenters. The van der Waals surface area contributed by atoms with Gasteiger partial charge >= 0.3 is 12.2 Å². The molecule has 0 saturated carbocycles. The van der Waals surface area contributed by atoms with Crippen molar-refractivity contribution in [3.63, 3.8) is 0 Å². The van der Waals surface area contributed by atoms with Crippen LogP contribution in [0.2, 0.25) is 0 Å². The maximum absolute atomic E-state index is 14.0. The Balaban J connectivity index is 1.34. The van der Waals surface area contributed by atoms with Crippen molar-refractivity contribution < 1.29 is 23.8 Å². The monoisotopic (exact) mass is 621 g/mol. The first-order valence-corrected chi connectivity index (χ1v) is 14.7. The number of hydrogen-bond donors (Lipinski definition) is 3. The number of amides is 1. The van der Waals surface area contributed by atoms with Crippen molar-refractivity contribution in [3.05, 3.63) is 70.8 Å². The van der Waals surface area contributed by atoms with Gasteiger partial charge in [-0.25, -0.2) is 38.5 Å². The molecule has 13 nitrogen and oxygen atoms in total. The SMILES string of the molecule is CC(C)(C)OC(=O)N(CCc1nc2c(NCc3ncccc3F)ncnc2s1)CCc1nc2cc(CN)ccc2n1C(=O)O. The number of nitrogens with two attached hydrogens (primary N) is 1. The molecule has 0 aliphatic rings. The summed E-state index contributed by atoms with van der Waals surface area (Å²) < 4.78 is 20.8. The fraction of sp³-hybridized carbons (Fsp3) is 0.345. The number of thiazole rings is 1. The molecule has 0 radical (unpaired) electrons. The van der Waals surface area contributed by atoms with Crippen molar-refractivity contribution in [3.8, 4) is 0 Å². The third-order valence-corrected chi connectivity index (χ3v) is 7.59. The normalized spacial score (nSPS) is 11.7. The van der Waals surface area contributed by atoms with E-state index in [2.05, 4.69) is 30.2 Å². The molecular formula is C29H32FN9O4S. The van der Waals surface area contributed by atoms with E-state index in [0.717, 1.165) is 10.1 Å². The maximum atomic E-state index is 14.0. The molecule has 1 aromatic carbocycles. The van der Waals surface area contributed by atoms with Gasteiger partial charge in [0.25, 0.3) is 0 Å². The number of halogens is 1. The number of anilines is 1. The zero-order chi connectivity index (χ0) is 31.4. The van der Waals surface area contributed by atoms with Crippen LogP contribution in [0.15, 0.2) is 42.9 Å². The molecule has 1 amide bonds. The number of ether oxygens (including phenoxy) is 1. The Morgan fingerprint density at radius 1 is 1.14 bits per heavy atom. The van der Waals surface area contributed by atoms with Gasteiger partial charge in [-0.3, -0.25) is 4.98 Å². The molecule has 44 heavy (non-hydrogen) atoms. The quantitative estimate of drug-likeness (QED) is 0.199. The second kappa shape index (κ2) is 12.9. The van der Waals surface area contributed by atoms with Gasteiger partial charge in [-0.05, 0) is 50.6 Å². The van der Waals surface area contributed by atoms with E-state index in [-0.39, 0.29) is 31.7 Å². The van der Waals surface area contributed by atoms with Crippen molar-refractivity contribution in [2.45, 2.75) is 52.3 Å². The maximum Gasteiger partial charge on any atom is 0.417 e. The fourth-order valence-electron chi connectivity index (χ4n) is 4.52. The molecule has 0 bridgehead atoms. The first kappa shape index (κ1) is 30.7. The standard InChI is InChI=1S/C29H32FN9O4S/c1-29(2,3)43-28(42)38(11-8-22-36-19-13-17(14-31)6-7-21(19)39(22)27(40)41)12-9-23-37-24-25(34-16-35-26(24)44-23)33-15-20-18(30)5-4-10-32-20/h4-7,10,13,16H,8-9,11-12,14-15,31H2,1-3H3,(H,40,41)(H,33,34,35). The lowest BCUT2D eigenvalue weighted by atomic mass is 10.2. The van der Waals surface area contributed by atoms with Crippen LogP contribution in [-0.4, -0.2) is 70.4 Å². The van der Waals surface area contributed by atoms with Gasteiger partial charge in [0.2, 0.25) is 0 Å². The molecule has 5 aromatic rings. The highest BCUT2D eigenvalue weighted by Crippen LogP contribution is 2.26. The highest BCUT2D eigenvalue weighted by Gasteiger charge is 2.24. The zero-order valence-electron chi connectivity index (χ0n) is 24.5. The van der Waals surface area contributed by atoms with Gasteiger partial charge in [-0.2, -0.15) is 0 Å². The van der Waals surface area contributed by atoms with Crippen LogP contribution in [0.25, 0.3) is 21.4 Å². The number of pyridine rings is 1. The summed E-state index contributed by atoms with van der Waals surface area (Å²) in [7, 11) is 0. The molecule has 230 valence electrons. The molecule has 4 aromatic heterocycles. The summed E-state index contributed by atoms with van der Waals surface area (Å²) >= 11 is 1.36. The summed E-state index contributed by atoms with van der Waals surface area (Å²) in [6.07, 6.45) is 1.76. The van der Waals surface area contributed by atoms with Gasteiger partial charge in [0.05, 0.1) is 28.3 Å². The number of nitrogens with zero attached hydrogens (tertiary/aromatic N) is 7. The number of nitrogens with one attached hydrogen (secondary N) is 1. The van der Waals surface area contributed by atoms with E-state index in [1.54, 1.807) is 39.0 Å². The number of aromatic nitrogens is 6. The van der Waals surface area contributed by atoms with Crippen LogP contribution in [0.5, 0.6) is 0 Å². The van der Waals surface area contributed by atoms with Gasteiger partial charge in [0, 0.05) is 38.7 Å². The topological polar surface area (TPSA) is 174 Å². The lowest BCUT2D eigenvalue weighted by Gasteiger charge is -2.27. The smallest absolute Gasteiger partial charge is 0.417 e. The summed E-state index contributed by atoms with van der Waals surface area (Å²) in [5, 5.41) is 13.7. The third-order valence-electron chi connectivity index (χ3n) is 6.57. The van der Waals surface area contributed by atoms with E-state index in [1.165, 1.54) is 40.9 Å². The second-order valence-electron chi connectivity index (χ2n) is 10.9. The molecule has 0 aliphatic heterocycles. The zero-order valence-corrected chi connectivity index (χ0v) is 25.3. The van der Waals surface area contributed by atoms with Gasteiger partial charge in [-0.15, -0.1) is 0 Å². The Hall–Kier alpha value is -4.76. The Labute approximate surface area is 255 Å². The number of carboxylic acid groups (broad SMARTS) is 1. The van der Waals surface area contributed by atoms with Crippen molar-refractivity contribution in [2.24, 2.45) is 5.73 Å². The molecule has 0 aliphatic carbocycles. The van der Waals surface area contributed by atoms with E-state index >= 15 is 0 Å². The van der Waals surface area contributed by atoms with Crippen LogP contribution in [0, 0.1) is 5.82 Å². The van der Waals surface area contributed by atoms with Crippen molar-refractivity contribution in [1.82, 2.24) is 34.4 Å². The minimum atomic E-state index is -1.17. The van der Waals surface area contributed by atoms with E-state index in [9.17, 15) is 19.1 Å². The van der Waals surface area contributed by atoms with Crippen molar-refractivity contribution in [1.29, 1.82) is 0 Å². The van der Waals surface area contributed by atoms with Gasteiger partial charge < -0.3 is 25.8 Å². The number of fused-ring (bicyclic) bond motifs is 2. The number of imidazole rings is 1. The first-order chi connectivity index (χ1) is 21.0. The molecule has 0 saturated heterocycles. The predicted octanol–water partition coefficient (Wildman–Crippen LogP) is 4.59. The minimum absolute atomic E-state index is 0.118. The van der Waals surface area contributed by atoms with Gasteiger partial charge in [0.15, 0.2) is 5.82 Å². The largest absolute Gasteiger partial charge is 0.464 e. The Bertz CT molecular complexity index is 1820. The Kier molecular flexibility index (Phi) is 8.96. The predicted molar refractivity (Wildman–Crippen MR) is 163 cm³/mol. The van der Waals surface area contributed by atoms with E-state index in [1.807, 2.05) is 0 Å². The van der Waals surface area contributed by atoms with Crippen LogP contribution in [0.4, 0.5) is 19.8 Å². The second-order valence-corrected chi connectivity index (χ2v) is 12.0. The van der Waals surface area contributed by atoms with E-state index in [4.69, 9.17) is 10.5 Å². The lowest BCUT2D eigenvalue weighted by molar-refractivity contribution is 0.0253. The van der Waals surface area contributed by atoms with Crippen molar-refractivity contribution in [2.75, 3.05) is 18.4 Å². The highest BCUT2D eigenvalue weighted by molar-refractivity contribution is 7.18. The van der Waals surface area contributed by atoms with Gasteiger partial charge in [0.1, 0.15) is 33.9 Å². The average molecular weight is 622 g/mol. The number of benzene rings is 1. The Morgan fingerprint density at radius 3 is 2.66 bits per heavy atom. The molecule has 0 fully saturated rings. The van der Waals surface area contributed by atoms with E-state index < -0.39 is 23.6 Å². The van der Waals surface area contributed by atoms with Crippen LogP contribution >= 0.6 is 11.3 Å². The third kappa shape index (κ3) is 7.06. The molecule has 4 heterocycles. The summed E-state index contributed by atoms with van der Waals surface area (Å²) in [6, 6.07) is 8.07. The molecule has 0 atom stereocenters. The van der Waals surface area contributed by atoms with E-state index in [0.29, 0.717) is 51.0 Å². The molecular weight excluding hydrogens is 589 g/mol. The minimum Gasteiger partial charge on any atom is -0.464 e. The number of hydrogen-bond acceptors (Lipinski definition) is 11.